The van der Waals surface area contributed by atoms with Gasteiger partial charge in [0.05, 0.1) is 25.1 Å². The van der Waals surface area contributed by atoms with Crippen LogP contribution in [-0.4, -0.2) is 47.4 Å². The van der Waals surface area contributed by atoms with Gasteiger partial charge in [-0.3, -0.25) is 9.59 Å². The van der Waals surface area contributed by atoms with Crippen LogP contribution in [0.3, 0.4) is 0 Å². The highest BCUT2D eigenvalue weighted by molar-refractivity contribution is 7.09. The number of carbonyl (C=O) groups is 2. The van der Waals surface area contributed by atoms with Crippen molar-refractivity contribution in [3.05, 3.63) is 93.9 Å². The van der Waals surface area contributed by atoms with Crippen molar-refractivity contribution in [1.29, 1.82) is 0 Å². The van der Waals surface area contributed by atoms with Crippen molar-refractivity contribution >= 4 is 23.2 Å². The smallest absolute Gasteiger partial charge is 0.242 e. The topological polar surface area (TPSA) is 49.9 Å². The lowest BCUT2D eigenvalue weighted by molar-refractivity contribution is -0.143. The highest BCUT2D eigenvalue weighted by atomic mass is 32.1. The van der Waals surface area contributed by atoms with Gasteiger partial charge in [0.15, 0.2) is 0 Å². The van der Waals surface area contributed by atoms with Crippen molar-refractivity contribution in [2.45, 2.75) is 51.3 Å². The van der Waals surface area contributed by atoms with Crippen LogP contribution < -0.4 is 0 Å². The van der Waals surface area contributed by atoms with Crippen molar-refractivity contribution in [3.8, 4) is 0 Å². The van der Waals surface area contributed by atoms with E-state index >= 15 is 0 Å². The summed E-state index contributed by atoms with van der Waals surface area (Å²) in [5, 5.41) is 1.98. The van der Waals surface area contributed by atoms with Gasteiger partial charge in [0.1, 0.15) is 5.82 Å². The molecule has 0 spiro atoms. The van der Waals surface area contributed by atoms with Crippen molar-refractivity contribution in [2.24, 2.45) is 0 Å². The third-order valence-corrected chi connectivity index (χ3v) is 7.42. The number of thiophene rings is 1. The Morgan fingerprint density at radius 2 is 1.81 bits per heavy atom. The second-order valence-corrected chi connectivity index (χ2v) is 10.2. The van der Waals surface area contributed by atoms with Gasteiger partial charge in [0, 0.05) is 24.6 Å². The Balaban J connectivity index is 1.55. The summed E-state index contributed by atoms with van der Waals surface area (Å²) in [4.78, 5) is 32.0. The standard InChI is InChI=1S/C29H33FN2O3S/c1-2-27(23-8-4-3-5-9-23)29(34)32(19-25-10-6-16-35-25)21-28(33)31(20-26-11-7-17-36-26)18-22-12-14-24(30)15-13-22/h3-5,7-9,11-15,17,25,27H,2,6,10,16,18-21H2,1H3. The summed E-state index contributed by atoms with van der Waals surface area (Å²) in [7, 11) is 0. The van der Waals surface area contributed by atoms with Gasteiger partial charge in [-0.1, -0.05) is 55.5 Å². The van der Waals surface area contributed by atoms with Crippen LogP contribution in [-0.2, 0) is 27.4 Å². The first-order valence-electron chi connectivity index (χ1n) is 12.5. The van der Waals surface area contributed by atoms with Crippen LogP contribution in [0, 0.1) is 5.82 Å². The van der Waals surface area contributed by atoms with Gasteiger partial charge < -0.3 is 14.5 Å². The molecule has 2 amide bonds. The van der Waals surface area contributed by atoms with Gasteiger partial charge in [0.2, 0.25) is 11.8 Å². The lowest BCUT2D eigenvalue weighted by Crippen LogP contribution is -2.46. The van der Waals surface area contributed by atoms with Crippen molar-refractivity contribution in [1.82, 2.24) is 9.80 Å². The molecule has 0 bridgehead atoms. The Bertz CT molecular complexity index is 1100. The lowest BCUT2D eigenvalue weighted by atomic mass is 9.94. The Morgan fingerprint density at radius 3 is 2.44 bits per heavy atom. The van der Waals surface area contributed by atoms with Gasteiger partial charge in [-0.2, -0.15) is 0 Å². The van der Waals surface area contributed by atoms with Crippen LogP contribution in [0.15, 0.2) is 72.1 Å². The first kappa shape index (κ1) is 26.0. The van der Waals surface area contributed by atoms with E-state index in [0.717, 1.165) is 28.8 Å². The van der Waals surface area contributed by atoms with Crippen molar-refractivity contribution in [2.75, 3.05) is 19.7 Å². The quantitative estimate of drug-likeness (QED) is 0.338. The highest BCUT2D eigenvalue weighted by Crippen LogP contribution is 2.24. The zero-order valence-electron chi connectivity index (χ0n) is 20.6. The van der Waals surface area contributed by atoms with E-state index in [-0.39, 0.29) is 36.2 Å². The van der Waals surface area contributed by atoms with E-state index in [9.17, 15) is 14.0 Å². The van der Waals surface area contributed by atoms with Crippen molar-refractivity contribution in [3.63, 3.8) is 0 Å². The Labute approximate surface area is 216 Å². The number of benzene rings is 2. The number of hydrogen-bond acceptors (Lipinski definition) is 4. The van der Waals surface area contributed by atoms with Crippen LogP contribution in [0.4, 0.5) is 4.39 Å². The molecule has 1 aromatic heterocycles. The van der Waals surface area contributed by atoms with E-state index in [0.29, 0.717) is 32.7 Å². The second-order valence-electron chi connectivity index (χ2n) is 9.18. The molecule has 2 heterocycles. The predicted molar refractivity (Wildman–Crippen MR) is 140 cm³/mol. The number of ether oxygens (including phenoxy) is 1. The molecule has 4 rings (SSSR count). The van der Waals surface area contributed by atoms with Gasteiger partial charge >= 0.3 is 0 Å². The highest BCUT2D eigenvalue weighted by Gasteiger charge is 2.30. The molecule has 0 aliphatic carbocycles. The van der Waals surface area contributed by atoms with Gasteiger partial charge in [0.25, 0.3) is 0 Å². The fourth-order valence-electron chi connectivity index (χ4n) is 4.62. The van der Waals surface area contributed by atoms with Crippen LogP contribution in [0.2, 0.25) is 0 Å². The molecule has 0 N–H and O–H groups in total. The first-order chi connectivity index (χ1) is 17.5. The Morgan fingerprint density at radius 1 is 1.03 bits per heavy atom. The molecule has 5 nitrogen and oxygen atoms in total. The number of nitrogens with zero attached hydrogens (tertiary/aromatic N) is 2. The number of carbonyl (C=O) groups excluding carboxylic acids is 2. The summed E-state index contributed by atoms with van der Waals surface area (Å²) in [5.74, 6) is -0.814. The number of halogens is 1. The molecule has 3 aromatic rings. The minimum absolute atomic E-state index is 0.0192. The molecule has 36 heavy (non-hydrogen) atoms. The summed E-state index contributed by atoms with van der Waals surface area (Å²) in [5.41, 5.74) is 1.80. The molecular weight excluding hydrogens is 475 g/mol. The van der Waals surface area contributed by atoms with Crippen LogP contribution in [0.1, 0.15) is 48.1 Å². The third-order valence-electron chi connectivity index (χ3n) is 6.56. The number of hydrogen-bond donors (Lipinski definition) is 0. The van der Waals surface area contributed by atoms with E-state index in [4.69, 9.17) is 4.74 Å². The molecule has 190 valence electrons. The van der Waals surface area contributed by atoms with Crippen LogP contribution >= 0.6 is 11.3 Å². The molecule has 2 atom stereocenters. The Hall–Kier alpha value is -3.03. The average molecular weight is 509 g/mol. The van der Waals surface area contributed by atoms with E-state index < -0.39 is 0 Å². The number of amides is 2. The molecule has 7 heteroatoms. The van der Waals surface area contributed by atoms with E-state index in [1.165, 1.54) is 12.1 Å². The fraction of sp³-hybridized carbons (Fsp3) is 0.379. The number of rotatable bonds is 11. The normalized spacial score (nSPS) is 16.0. The minimum atomic E-state index is -0.316. The molecule has 0 radical (unpaired) electrons. The largest absolute Gasteiger partial charge is 0.376 e. The SMILES string of the molecule is CCC(C(=O)N(CC(=O)N(Cc1ccc(F)cc1)Cc1cccs1)CC1CCCO1)c1ccccc1. The van der Waals surface area contributed by atoms with Crippen LogP contribution in [0.25, 0.3) is 0 Å². The molecule has 2 unspecified atom stereocenters. The summed E-state index contributed by atoms with van der Waals surface area (Å²) < 4.78 is 19.3. The average Bonchev–Trinajstić information content (AvgIpc) is 3.60. The summed E-state index contributed by atoms with van der Waals surface area (Å²) in [6.45, 7) is 3.84. The maximum Gasteiger partial charge on any atom is 0.242 e. The maximum absolute atomic E-state index is 13.8. The molecule has 1 saturated heterocycles. The van der Waals surface area contributed by atoms with Crippen molar-refractivity contribution < 1.29 is 18.7 Å². The minimum Gasteiger partial charge on any atom is -0.376 e. The van der Waals surface area contributed by atoms with E-state index in [1.54, 1.807) is 33.3 Å². The molecule has 1 fully saturated rings. The third kappa shape index (κ3) is 7.02. The summed E-state index contributed by atoms with van der Waals surface area (Å²) in [6, 6.07) is 19.9. The molecule has 2 aromatic carbocycles. The molecule has 1 aliphatic rings. The van der Waals surface area contributed by atoms with Gasteiger partial charge in [-0.15, -0.1) is 11.3 Å². The van der Waals surface area contributed by atoms with E-state index in [2.05, 4.69) is 0 Å². The van der Waals surface area contributed by atoms with Gasteiger partial charge in [-0.25, -0.2) is 4.39 Å². The lowest BCUT2D eigenvalue weighted by Gasteiger charge is -2.31. The van der Waals surface area contributed by atoms with Crippen LogP contribution in [0.5, 0.6) is 0 Å². The summed E-state index contributed by atoms with van der Waals surface area (Å²) in [6.07, 6.45) is 2.44. The Kier molecular flexibility index (Phi) is 9.25. The van der Waals surface area contributed by atoms with E-state index in [1.807, 2.05) is 54.8 Å². The summed E-state index contributed by atoms with van der Waals surface area (Å²) >= 11 is 1.58. The zero-order chi connectivity index (χ0) is 25.3. The zero-order valence-corrected chi connectivity index (χ0v) is 21.5. The molecular formula is C29H33FN2O3S. The fourth-order valence-corrected chi connectivity index (χ4v) is 5.34. The first-order valence-corrected chi connectivity index (χ1v) is 13.4. The maximum atomic E-state index is 13.8. The molecule has 0 saturated carbocycles. The van der Waals surface area contributed by atoms with Gasteiger partial charge in [-0.05, 0) is 54.0 Å². The molecule has 1 aliphatic heterocycles. The second kappa shape index (κ2) is 12.8. The monoisotopic (exact) mass is 508 g/mol. The predicted octanol–water partition coefficient (Wildman–Crippen LogP) is 5.62.